The Labute approximate surface area is 70.2 Å². The van der Waals surface area contributed by atoms with Crippen molar-refractivity contribution in [3.63, 3.8) is 0 Å². The zero-order chi connectivity index (χ0) is 8.69. The number of aliphatic hydroxyl groups is 1. The molecule has 0 rings (SSSR count). The Hall–Kier alpha value is -0.0800. The first-order valence-corrected chi connectivity index (χ1v) is 4.61. The van der Waals surface area contributed by atoms with E-state index in [1.807, 2.05) is 6.92 Å². The third kappa shape index (κ3) is 6.32. The quantitative estimate of drug-likeness (QED) is 0.634. The zero-order valence-electron chi connectivity index (χ0n) is 8.01. The fraction of sp³-hybridized carbons (Fsp3) is 1.00. The van der Waals surface area contributed by atoms with Gasteiger partial charge in [0.25, 0.3) is 0 Å². The van der Waals surface area contributed by atoms with Crippen LogP contribution in [0.25, 0.3) is 0 Å². The molecular weight excluding hydrogens is 138 g/mol. The Bertz CT molecular complexity index is 83.6. The predicted molar refractivity (Wildman–Crippen MR) is 48.7 cm³/mol. The second kappa shape index (κ2) is 6.62. The van der Waals surface area contributed by atoms with Gasteiger partial charge in [-0.2, -0.15) is 0 Å². The number of rotatable bonds is 6. The van der Waals surface area contributed by atoms with E-state index in [4.69, 9.17) is 5.11 Å². The van der Waals surface area contributed by atoms with Crippen molar-refractivity contribution < 1.29 is 5.11 Å². The van der Waals surface area contributed by atoms with Crippen molar-refractivity contribution >= 4 is 0 Å². The van der Waals surface area contributed by atoms with Crippen LogP contribution in [0.5, 0.6) is 0 Å². The van der Waals surface area contributed by atoms with Gasteiger partial charge >= 0.3 is 0 Å². The molecule has 0 bridgehead atoms. The lowest BCUT2D eigenvalue weighted by Gasteiger charge is -2.21. The highest BCUT2D eigenvalue weighted by Crippen LogP contribution is 1.96. The van der Waals surface area contributed by atoms with E-state index >= 15 is 0 Å². The number of hydrogen-bond acceptors (Lipinski definition) is 2. The molecule has 0 aromatic carbocycles. The van der Waals surface area contributed by atoms with Crippen LogP contribution in [0.1, 0.15) is 33.6 Å². The van der Waals surface area contributed by atoms with Gasteiger partial charge in [-0.15, -0.1) is 0 Å². The molecule has 0 amide bonds. The Kier molecular flexibility index (Phi) is 6.57. The summed E-state index contributed by atoms with van der Waals surface area (Å²) in [6.45, 7) is 9.15. The van der Waals surface area contributed by atoms with E-state index in [2.05, 4.69) is 18.7 Å². The fourth-order valence-corrected chi connectivity index (χ4v) is 1.13. The molecule has 2 heteroatoms. The molecule has 0 aliphatic carbocycles. The van der Waals surface area contributed by atoms with Crippen molar-refractivity contribution in [1.29, 1.82) is 0 Å². The van der Waals surface area contributed by atoms with E-state index in [1.54, 1.807) is 0 Å². The summed E-state index contributed by atoms with van der Waals surface area (Å²) in [4.78, 5) is 2.29. The van der Waals surface area contributed by atoms with Crippen LogP contribution in [-0.4, -0.2) is 35.7 Å². The smallest absolute Gasteiger partial charge is 0.0639 e. The van der Waals surface area contributed by atoms with E-state index in [1.165, 1.54) is 12.8 Å². The molecule has 68 valence electrons. The number of likely N-dealkylation sites (N-methyl/N-ethyl adjacent to an activating group) is 1. The largest absolute Gasteiger partial charge is 0.392 e. The average molecular weight is 159 g/mol. The van der Waals surface area contributed by atoms with Crippen molar-refractivity contribution in [3.8, 4) is 0 Å². The Morgan fingerprint density at radius 2 is 2.00 bits per heavy atom. The maximum atomic E-state index is 9.11. The second-order valence-electron chi connectivity index (χ2n) is 3.10. The maximum Gasteiger partial charge on any atom is 0.0639 e. The van der Waals surface area contributed by atoms with E-state index in [0.29, 0.717) is 0 Å². The van der Waals surface area contributed by atoms with Crippen LogP contribution in [-0.2, 0) is 0 Å². The van der Waals surface area contributed by atoms with Crippen molar-refractivity contribution in [1.82, 2.24) is 4.90 Å². The van der Waals surface area contributed by atoms with Crippen molar-refractivity contribution in [3.05, 3.63) is 0 Å². The summed E-state index contributed by atoms with van der Waals surface area (Å²) in [5.41, 5.74) is 0. The summed E-state index contributed by atoms with van der Waals surface area (Å²) >= 11 is 0. The van der Waals surface area contributed by atoms with Crippen LogP contribution >= 0.6 is 0 Å². The van der Waals surface area contributed by atoms with Gasteiger partial charge in [-0.3, -0.25) is 0 Å². The second-order valence-corrected chi connectivity index (χ2v) is 3.10. The first kappa shape index (κ1) is 10.9. The van der Waals surface area contributed by atoms with E-state index in [9.17, 15) is 0 Å². The molecule has 0 aliphatic heterocycles. The van der Waals surface area contributed by atoms with Crippen LogP contribution in [0.15, 0.2) is 0 Å². The van der Waals surface area contributed by atoms with Gasteiger partial charge in [0.1, 0.15) is 0 Å². The topological polar surface area (TPSA) is 23.5 Å². The molecule has 0 aliphatic rings. The molecule has 0 saturated heterocycles. The van der Waals surface area contributed by atoms with Crippen LogP contribution < -0.4 is 0 Å². The van der Waals surface area contributed by atoms with E-state index < -0.39 is 0 Å². The number of nitrogens with zero attached hydrogens (tertiary/aromatic N) is 1. The highest BCUT2D eigenvalue weighted by atomic mass is 16.3. The van der Waals surface area contributed by atoms with Gasteiger partial charge in [-0.05, 0) is 26.4 Å². The van der Waals surface area contributed by atoms with Gasteiger partial charge in [0.15, 0.2) is 0 Å². The van der Waals surface area contributed by atoms with E-state index in [0.717, 1.165) is 19.6 Å². The zero-order valence-corrected chi connectivity index (χ0v) is 8.01. The minimum Gasteiger partial charge on any atom is -0.392 e. The number of aliphatic hydroxyl groups excluding tert-OH is 1. The van der Waals surface area contributed by atoms with E-state index in [-0.39, 0.29) is 6.10 Å². The van der Waals surface area contributed by atoms with Crippen LogP contribution in [0.4, 0.5) is 0 Å². The molecule has 0 radical (unpaired) electrons. The van der Waals surface area contributed by atoms with Crippen LogP contribution in [0, 0.1) is 0 Å². The molecule has 0 unspecified atom stereocenters. The third-order valence-corrected chi connectivity index (χ3v) is 1.80. The van der Waals surface area contributed by atoms with Crippen LogP contribution in [0.3, 0.4) is 0 Å². The van der Waals surface area contributed by atoms with Crippen molar-refractivity contribution in [2.45, 2.75) is 39.7 Å². The summed E-state index contributed by atoms with van der Waals surface area (Å²) in [5.74, 6) is 0. The maximum absolute atomic E-state index is 9.11. The van der Waals surface area contributed by atoms with Gasteiger partial charge in [0, 0.05) is 6.54 Å². The first-order valence-electron chi connectivity index (χ1n) is 4.61. The van der Waals surface area contributed by atoms with Gasteiger partial charge in [0.05, 0.1) is 6.10 Å². The standard InChI is InChI=1S/C9H21NO/c1-4-6-7-10(5-2)8-9(3)11/h9,11H,4-8H2,1-3H3/t9-/m0/s1. The van der Waals surface area contributed by atoms with Crippen molar-refractivity contribution in [2.75, 3.05) is 19.6 Å². The monoisotopic (exact) mass is 159 g/mol. The summed E-state index contributed by atoms with van der Waals surface area (Å²) in [5, 5.41) is 9.11. The fourth-order valence-electron chi connectivity index (χ4n) is 1.13. The number of unbranched alkanes of at least 4 members (excludes halogenated alkanes) is 1. The lowest BCUT2D eigenvalue weighted by Crippen LogP contribution is -2.31. The van der Waals surface area contributed by atoms with Gasteiger partial charge in [-0.25, -0.2) is 0 Å². The molecule has 0 aromatic heterocycles. The van der Waals surface area contributed by atoms with Gasteiger partial charge < -0.3 is 10.0 Å². The number of hydrogen-bond donors (Lipinski definition) is 1. The Morgan fingerprint density at radius 3 is 2.36 bits per heavy atom. The predicted octanol–water partition coefficient (Wildman–Crippen LogP) is 1.49. The third-order valence-electron chi connectivity index (χ3n) is 1.80. The average Bonchev–Trinajstić information content (AvgIpc) is 1.97. The molecule has 1 N–H and O–H groups in total. The molecule has 0 saturated carbocycles. The molecule has 0 aromatic rings. The van der Waals surface area contributed by atoms with Crippen molar-refractivity contribution in [2.24, 2.45) is 0 Å². The Balaban J connectivity index is 3.41. The molecule has 0 heterocycles. The summed E-state index contributed by atoms with van der Waals surface area (Å²) in [6.07, 6.45) is 2.28. The van der Waals surface area contributed by atoms with Gasteiger partial charge in [0.2, 0.25) is 0 Å². The normalized spacial score (nSPS) is 13.9. The summed E-state index contributed by atoms with van der Waals surface area (Å²) < 4.78 is 0. The minimum atomic E-state index is -0.188. The Morgan fingerprint density at radius 1 is 1.36 bits per heavy atom. The summed E-state index contributed by atoms with van der Waals surface area (Å²) in [6, 6.07) is 0. The lowest BCUT2D eigenvalue weighted by atomic mass is 10.3. The highest BCUT2D eigenvalue weighted by molar-refractivity contribution is 4.58. The van der Waals surface area contributed by atoms with Crippen LogP contribution in [0.2, 0.25) is 0 Å². The molecule has 11 heavy (non-hydrogen) atoms. The molecular formula is C9H21NO. The minimum absolute atomic E-state index is 0.188. The molecule has 0 fully saturated rings. The molecule has 0 spiro atoms. The lowest BCUT2D eigenvalue weighted by molar-refractivity contribution is 0.129. The molecule has 1 atom stereocenters. The molecule has 2 nitrogen and oxygen atoms in total. The summed E-state index contributed by atoms with van der Waals surface area (Å²) in [7, 11) is 0. The SMILES string of the molecule is CCCCN(CC)C[C@H](C)O. The first-order chi connectivity index (χ1) is 5.20. The van der Waals surface area contributed by atoms with Gasteiger partial charge in [-0.1, -0.05) is 20.3 Å². The highest BCUT2D eigenvalue weighted by Gasteiger charge is 2.03.